The summed E-state index contributed by atoms with van der Waals surface area (Å²) >= 11 is 0. The Labute approximate surface area is 130 Å². The van der Waals surface area contributed by atoms with Gasteiger partial charge in [-0.05, 0) is 38.4 Å². The molecule has 1 aromatic rings. The monoisotopic (exact) mass is 338 g/mol. The lowest BCUT2D eigenvalue weighted by Gasteiger charge is -2.14. The Balaban J connectivity index is 0.00000220. The van der Waals surface area contributed by atoms with Crippen molar-refractivity contribution in [3.8, 4) is 5.75 Å². The van der Waals surface area contributed by atoms with Gasteiger partial charge < -0.3 is 10.1 Å². The van der Waals surface area contributed by atoms with Gasteiger partial charge in [0.15, 0.2) is 11.6 Å². The van der Waals surface area contributed by atoms with Crippen LogP contribution in [0.1, 0.15) is 18.4 Å². The topological polar surface area (TPSA) is 67.4 Å². The van der Waals surface area contributed by atoms with Crippen LogP contribution in [0.3, 0.4) is 0 Å². The zero-order valence-electron chi connectivity index (χ0n) is 12.0. The molecule has 5 nitrogen and oxygen atoms in total. The summed E-state index contributed by atoms with van der Waals surface area (Å²) < 4.78 is 45.7. The summed E-state index contributed by atoms with van der Waals surface area (Å²) in [7, 11) is -2.37. The van der Waals surface area contributed by atoms with E-state index in [0.717, 1.165) is 19.4 Å². The standard InChI is InChI=1S/C13H19FN2O3S.ClH/c1-9-12(6-5-11(19-2)13(9)14)20(17,18)16-8-10-4-3-7-15-10;/h5-6,10,15-16H,3-4,7-8H2,1-2H3;1H. The van der Waals surface area contributed by atoms with Crippen molar-refractivity contribution >= 4 is 22.4 Å². The van der Waals surface area contributed by atoms with Crippen LogP contribution in [-0.4, -0.2) is 34.7 Å². The molecule has 120 valence electrons. The lowest BCUT2D eigenvalue weighted by Crippen LogP contribution is -2.37. The summed E-state index contributed by atoms with van der Waals surface area (Å²) in [6, 6.07) is 2.83. The van der Waals surface area contributed by atoms with E-state index in [9.17, 15) is 12.8 Å². The van der Waals surface area contributed by atoms with Crippen molar-refractivity contribution in [2.75, 3.05) is 20.2 Å². The van der Waals surface area contributed by atoms with Gasteiger partial charge in [-0.25, -0.2) is 17.5 Å². The van der Waals surface area contributed by atoms with Gasteiger partial charge in [0.1, 0.15) is 0 Å². The molecule has 0 spiro atoms. The first-order chi connectivity index (χ1) is 9.45. The molecule has 0 saturated carbocycles. The van der Waals surface area contributed by atoms with Crippen molar-refractivity contribution in [3.63, 3.8) is 0 Å². The molecule has 0 aliphatic carbocycles. The number of sulfonamides is 1. The molecule has 0 amide bonds. The lowest BCUT2D eigenvalue weighted by atomic mass is 10.2. The second kappa shape index (κ2) is 7.40. The van der Waals surface area contributed by atoms with Gasteiger partial charge in [0.05, 0.1) is 12.0 Å². The van der Waals surface area contributed by atoms with Crippen LogP contribution in [0.15, 0.2) is 17.0 Å². The van der Waals surface area contributed by atoms with Crippen LogP contribution < -0.4 is 14.8 Å². The number of hydrogen-bond acceptors (Lipinski definition) is 4. The predicted octanol–water partition coefficient (Wildman–Crippen LogP) is 1.59. The summed E-state index contributed by atoms with van der Waals surface area (Å²) in [5.41, 5.74) is 0.0660. The Morgan fingerprint density at radius 1 is 1.48 bits per heavy atom. The predicted molar refractivity (Wildman–Crippen MR) is 81.2 cm³/mol. The maximum absolute atomic E-state index is 13.9. The van der Waals surface area contributed by atoms with E-state index in [1.165, 1.54) is 26.2 Å². The van der Waals surface area contributed by atoms with Gasteiger partial charge in [-0.15, -0.1) is 12.4 Å². The molecule has 0 aromatic heterocycles. The van der Waals surface area contributed by atoms with E-state index >= 15 is 0 Å². The summed E-state index contributed by atoms with van der Waals surface area (Å²) in [6.07, 6.45) is 1.99. The molecule has 1 aromatic carbocycles. The molecular formula is C13H20ClFN2O3S. The van der Waals surface area contributed by atoms with E-state index < -0.39 is 15.8 Å². The summed E-state index contributed by atoms with van der Waals surface area (Å²) in [6.45, 7) is 2.65. The molecule has 1 aliphatic heterocycles. The molecule has 0 bridgehead atoms. The number of methoxy groups -OCH3 is 1. The Morgan fingerprint density at radius 2 is 2.19 bits per heavy atom. The number of halogens is 2. The molecular weight excluding hydrogens is 319 g/mol. The highest BCUT2D eigenvalue weighted by Crippen LogP contribution is 2.25. The second-order valence-corrected chi connectivity index (χ2v) is 6.59. The Kier molecular flexibility index (Phi) is 6.40. The highest BCUT2D eigenvalue weighted by Gasteiger charge is 2.23. The number of rotatable bonds is 5. The van der Waals surface area contributed by atoms with E-state index in [1.54, 1.807) is 0 Å². The smallest absolute Gasteiger partial charge is 0.240 e. The molecule has 1 fully saturated rings. The minimum atomic E-state index is -3.71. The normalized spacial score (nSPS) is 18.3. The van der Waals surface area contributed by atoms with E-state index in [-0.39, 0.29) is 34.7 Å². The number of hydrogen-bond donors (Lipinski definition) is 2. The third-order valence-corrected chi connectivity index (χ3v) is 5.06. The van der Waals surface area contributed by atoms with Gasteiger partial charge in [0, 0.05) is 18.2 Å². The molecule has 8 heteroatoms. The Morgan fingerprint density at radius 3 is 2.76 bits per heavy atom. The molecule has 21 heavy (non-hydrogen) atoms. The largest absolute Gasteiger partial charge is 0.494 e. The van der Waals surface area contributed by atoms with Crippen LogP contribution in [0.4, 0.5) is 4.39 Å². The minimum absolute atomic E-state index is 0. The SMILES string of the molecule is COc1ccc(S(=O)(=O)NCC2CCCN2)c(C)c1F.Cl. The van der Waals surface area contributed by atoms with Crippen LogP contribution in [0.2, 0.25) is 0 Å². The molecule has 2 N–H and O–H groups in total. The van der Waals surface area contributed by atoms with Gasteiger partial charge in [0.2, 0.25) is 10.0 Å². The molecule has 1 atom stereocenters. The summed E-state index contributed by atoms with van der Waals surface area (Å²) in [4.78, 5) is -0.0474. The van der Waals surface area contributed by atoms with E-state index in [1.807, 2.05) is 0 Å². The van der Waals surface area contributed by atoms with Crippen LogP contribution in [0.5, 0.6) is 5.75 Å². The van der Waals surface area contributed by atoms with E-state index in [4.69, 9.17) is 4.74 Å². The van der Waals surface area contributed by atoms with Crippen molar-refractivity contribution in [1.29, 1.82) is 0 Å². The van der Waals surface area contributed by atoms with Gasteiger partial charge in [-0.3, -0.25) is 0 Å². The zero-order chi connectivity index (χ0) is 14.8. The van der Waals surface area contributed by atoms with Crippen molar-refractivity contribution in [2.45, 2.75) is 30.7 Å². The molecule has 0 radical (unpaired) electrons. The first-order valence-corrected chi connectivity index (χ1v) is 8.00. The van der Waals surface area contributed by atoms with Gasteiger partial charge >= 0.3 is 0 Å². The molecule has 1 aliphatic rings. The molecule has 1 heterocycles. The van der Waals surface area contributed by atoms with Crippen LogP contribution >= 0.6 is 12.4 Å². The summed E-state index contributed by atoms with van der Waals surface area (Å²) in [5.74, 6) is -0.603. The van der Waals surface area contributed by atoms with Gasteiger partial charge in [-0.2, -0.15) is 0 Å². The van der Waals surface area contributed by atoms with Crippen LogP contribution in [0, 0.1) is 12.7 Å². The first-order valence-electron chi connectivity index (χ1n) is 6.52. The average molecular weight is 339 g/mol. The van der Waals surface area contributed by atoms with Crippen molar-refractivity contribution in [2.24, 2.45) is 0 Å². The van der Waals surface area contributed by atoms with Crippen LogP contribution in [0.25, 0.3) is 0 Å². The van der Waals surface area contributed by atoms with Crippen LogP contribution in [-0.2, 0) is 10.0 Å². The third-order valence-electron chi connectivity index (χ3n) is 3.49. The fourth-order valence-corrected chi connectivity index (χ4v) is 3.63. The Hall–Kier alpha value is -0.890. The zero-order valence-corrected chi connectivity index (χ0v) is 13.6. The third kappa shape index (κ3) is 4.06. The summed E-state index contributed by atoms with van der Waals surface area (Å²) in [5, 5.41) is 3.20. The highest BCUT2D eigenvalue weighted by molar-refractivity contribution is 7.89. The maximum atomic E-state index is 13.9. The first kappa shape index (κ1) is 18.2. The highest BCUT2D eigenvalue weighted by atomic mass is 35.5. The maximum Gasteiger partial charge on any atom is 0.240 e. The minimum Gasteiger partial charge on any atom is -0.494 e. The fourth-order valence-electron chi connectivity index (χ4n) is 2.31. The second-order valence-electron chi connectivity index (χ2n) is 4.85. The molecule has 2 rings (SSSR count). The molecule has 1 unspecified atom stereocenters. The van der Waals surface area contributed by atoms with Gasteiger partial charge in [-0.1, -0.05) is 0 Å². The lowest BCUT2D eigenvalue weighted by molar-refractivity contribution is 0.384. The van der Waals surface area contributed by atoms with Crippen molar-refractivity contribution < 1.29 is 17.5 Å². The van der Waals surface area contributed by atoms with Crippen molar-refractivity contribution in [3.05, 3.63) is 23.5 Å². The Bertz CT molecular complexity index is 589. The average Bonchev–Trinajstić information content (AvgIpc) is 2.92. The number of nitrogens with one attached hydrogen (secondary N) is 2. The molecule has 1 saturated heterocycles. The number of ether oxygens (including phenoxy) is 1. The van der Waals surface area contributed by atoms with E-state index in [0.29, 0.717) is 6.54 Å². The van der Waals surface area contributed by atoms with Crippen molar-refractivity contribution in [1.82, 2.24) is 10.0 Å². The van der Waals surface area contributed by atoms with E-state index in [2.05, 4.69) is 10.0 Å². The quantitative estimate of drug-likeness (QED) is 0.855. The number of benzene rings is 1. The fraction of sp³-hybridized carbons (Fsp3) is 0.538. The van der Waals surface area contributed by atoms with Gasteiger partial charge in [0.25, 0.3) is 0 Å².